The second-order valence-corrected chi connectivity index (χ2v) is 6.36. The third-order valence-electron chi connectivity index (χ3n) is 2.57. The quantitative estimate of drug-likeness (QED) is 0.786. The van der Waals surface area contributed by atoms with Crippen molar-refractivity contribution in [2.45, 2.75) is 0 Å². The SMILES string of the molecule is Nc1ccc(OCS(=O)(=O)COc2ccc(N)cc2)cc1. The van der Waals surface area contributed by atoms with E-state index >= 15 is 0 Å². The van der Waals surface area contributed by atoms with Crippen LogP contribution in [0, 0.1) is 0 Å². The Labute approximate surface area is 123 Å². The molecule has 0 aliphatic carbocycles. The zero-order valence-electron chi connectivity index (χ0n) is 11.2. The number of nitrogen functional groups attached to an aromatic ring is 2. The van der Waals surface area contributed by atoms with Crippen LogP contribution in [0.3, 0.4) is 0 Å². The van der Waals surface area contributed by atoms with Crippen molar-refractivity contribution < 1.29 is 17.9 Å². The fraction of sp³-hybridized carbons (Fsp3) is 0.143. The van der Waals surface area contributed by atoms with Gasteiger partial charge in [0.25, 0.3) is 0 Å². The van der Waals surface area contributed by atoms with E-state index in [1.54, 1.807) is 48.5 Å². The maximum atomic E-state index is 11.8. The van der Waals surface area contributed by atoms with E-state index in [4.69, 9.17) is 20.9 Å². The van der Waals surface area contributed by atoms with Crippen molar-refractivity contribution in [3.8, 4) is 11.5 Å². The van der Waals surface area contributed by atoms with Gasteiger partial charge in [-0.05, 0) is 48.5 Å². The molecule has 0 spiro atoms. The van der Waals surface area contributed by atoms with Gasteiger partial charge in [-0.3, -0.25) is 0 Å². The Morgan fingerprint density at radius 1 is 0.714 bits per heavy atom. The van der Waals surface area contributed by atoms with Gasteiger partial charge >= 0.3 is 0 Å². The molecule has 7 heteroatoms. The summed E-state index contributed by atoms with van der Waals surface area (Å²) in [6.45, 7) is 0. The second-order valence-electron chi connectivity index (χ2n) is 4.41. The predicted octanol–water partition coefficient (Wildman–Crippen LogP) is 1.64. The zero-order chi connectivity index (χ0) is 15.3. The first kappa shape index (κ1) is 15.0. The lowest BCUT2D eigenvalue weighted by Gasteiger charge is -2.09. The second kappa shape index (κ2) is 6.36. The van der Waals surface area contributed by atoms with Gasteiger partial charge in [0.1, 0.15) is 11.5 Å². The predicted molar refractivity (Wildman–Crippen MR) is 81.6 cm³/mol. The summed E-state index contributed by atoms with van der Waals surface area (Å²) in [7, 11) is -3.51. The molecule has 0 aromatic heterocycles. The highest BCUT2D eigenvalue weighted by molar-refractivity contribution is 7.91. The number of benzene rings is 2. The Balaban J connectivity index is 1.87. The van der Waals surface area contributed by atoms with Gasteiger partial charge in [0.05, 0.1) is 0 Å². The van der Waals surface area contributed by atoms with Crippen LogP contribution in [-0.4, -0.2) is 20.3 Å². The van der Waals surface area contributed by atoms with E-state index in [0.717, 1.165) is 0 Å². The molecule has 0 saturated heterocycles. The van der Waals surface area contributed by atoms with Gasteiger partial charge in [-0.15, -0.1) is 0 Å². The standard InChI is InChI=1S/C14H16N2O4S/c15-11-1-5-13(6-2-11)19-9-21(17,18)10-20-14-7-3-12(16)4-8-14/h1-8H,9-10,15-16H2. The summed E-state index contributed by atoms with van der Waals surface area (Å²) < 4.78 is 34.0. The molecule has 6 nitrogen and oxygen atoms in total. The van der Waals surface area contributed by atoms with Crippen LogP contribution in [0.2, 0.25) is 0 Å². The summed E-state index contributed by atoms with van der Waals surface area (Å²) >= 11 is 0. The van der Waals surface area contributed by atoms with Crippen molar-refractivity contribution in [2.24, 2.45) is 0 Å². The lowest BCUT2D eigenvalue weighted by Crippen LogP contribution is -2.19. The number of ether oxygens (including phenoxy) is 2. The molecule has 2 aromatic carbocycles. The van der Waals surface area contributed by atoms with Crippen LogP contribution in [0.1, 0.15) is 0 Å². The van der Waals surface area contributed by atoms with Crippen molar-refractivity contribution in [2.75, 3.05) is 23.3 Å². The maximum absolute atomic E-state index is 11.8. The third-order valence-corrected chi connectivity index (χ3v) is 3.52. The molecule has 0 radical (unpaired) electrons. The van der Waals surface area contributed by atoms with E-state index in [-0.39, 0.29) is 0 Å². The summed E-state index contributed by atoms with van der Waals surface area (Å²) in [4.78, 5) is 0. The number of anilines is 2. The van der Waals surface area contributed by atoms with Crippen LogP contribution in [0.25, 0.3) is 0 Å². The number of hydrogen-bond acceptors (Lipinski definition) is 6. The molecule has 112 valence electrons. The minimum Gasteiger partial charge on any atom is -0.478 e. The highest BCUT2D eigenvalue weighted by Gasteiger charge is 2.13. The van der Waals surface area contributed by atoms with Crippen molar-refractivity contribution in [3.05, 3.63) is 48.5 Å². The fourth-order valence-electron chi connectivity index (χ4n) is 1.48. The summed E-state index contributed by atoms with van der Waals surface area (Å²) in [5.41, 5.74) is 12.2. The van der Waals surface area contributed by atoms with E-state index in [2.05, 4.69) is 0 Å². The molecule has 0 amide bonds. The molecule has 0 aliphatic heterocycles. The normalized spacial score (nSPS) is 11.0. The van der Waals surface area contributed by atoms with Gasteiger partial charge in [0.2, 0.25) is 9.84 Å². The molecule has 0 fully saturated rings. The highest BCUT2D eigenvalue weighted by atomic mass is 32.2. The van der Waals surface area contributed by atoms with Crippen LogP contribution in [0.5, 0.6) is 11.5 Å². The molecular formula is C14H16N2O4S. The minimum absolute atomic E-state index is 0.431. The van der Waals surface area contributed by atoms with E-state index in [0.29, 0.717) is 22.9 Å². The Morgan fingerprint density at radius 2 is 1.05 bits per heavy atom. The molecule has 4 N–H and O–H groups in total. The van der Waals surface area contributed by atoms with Crippen LogP contribution in [0.15, 0.2) is 48.5 Å². The average molecular weight is 308 g/mol. The largest absolute Gasteiger partial charge is 0.478 e. The Kier molecular flexibility index (Phi) is 4.54. The van der Waals surface area contributed by atoms with Gasteiger partial charge in [-0.25, -0.2) is 8.42 Å². The average Bonchev–Trinajstić information content (AvgIpc) is 2.46. The first-order valence-electron chi connectivity index (χ1n) is 6.12. The van der Waals surface area contributed by atoms with Crippen LogP contribution in [-0.2, 0) is 9.84 Å². The van der Waals surface area contributed by atoms with E-state index < -0.39 is 21.7 Å². The van der Waals surface area contributed by atoms with Crippen LogP contribution >= 0.6 is 0 Å². The van der Waals surface area contributed by atoms with Crippen LogP contribution in [0.4, 0.5) is 11.4 Å². The maximum Gasteiger partial charge on any atom is 0.219 e. The zero-order valence-corrected chi connectivity index (χ0v) is 12.0. The van der Waals surface area contributed by atoms with E-state index in [1.807, 2.05) is 0 Å². The molecule has 2 rings (SSSR count). The lowest BCUT2D eigenvalue weighted by atomic mass is 10.3. The van der Waals surface area contributed by atoms with E-state index in [1.165, 1.54) is 0 Å². The monoisotopic (exact) mass is 308 g/mol. The topological polar surface area (TPSA) is 105 Å². The first-order valence-corrected chi connectivity index (χ1v) is 7.94. The smallest absolute Gasteiger partial charge is 0.219 e. The highest BCUT2D eigenvalue weighted by Crippen LogP contribution is 2.15. The summed E-state index contributed by atoms with van der Waals surface area (Å²) in [6, 6.07) is 12.9. The fourth-order valence-corrected chi connectivity index (χ4v) is 2.18. The van der Waals surface area contributed by atoms with E-state index in [9.17, 15) is 8.42 Å². The summed E-state index contributed by atoms with van der Waals surface area (Å²) in [5.74, 6) is -0.0712. The third kappa shape index (κ3) is 4.88. The Hall–Kier alpha value is -2.41. The van der Waals surface area contributed by atoms with Gasteiger partial charge < -0.3 is 20.9 Å². The molecule has 0 unspecified atom stereocenters. The van der Waals surface area contributed by atoms with Gasteiger partial charge in [-0.2, -0.15) is 0 Å². The van der Waals surface area contributed by atoms with Crippen molar-refractivity contribution in [1.29, 1.82) is 0 Å². The minimum atomic E-state index is -3.51. The molecule has 0 saturated carbocycles. The molecule has 0 atom stereocenters. The summed E-state index contributed by atoms with van der Waals surface area (Å²) in [5, 5.41) is 0. The van der Waals surface area contributed by atoms with Crippen molar-refractivity contribution in [3.63, 3.8) is 0 Å². The lowest BCUT2D eigenvalue weighted by molar-refractivity contribution is 0.347. The molecular weight excluding hydrogens is 292 g/mol. The molecule has 2 aromatic rings. The Bertz CT molecular complexity index is 626. The number of rotatable bonds is 6. The van der Waals surface area contributed by atoms with Gasteiger partial charge in [0.15, 0.2) is 11.9 Å². The van der Waals surface area contributed by atoms with Crippen molar-refractivity contribution in [1.82, 2.24) is 0 Å². The number of nitrogens with two attached hydrogens (primary N) is 2. The molecule has 0 aliphatic rings. The molecule has 0 bridgehead atoms. The van der Waals surface area contributed by atoms with Gasteiger partial charge in [0, 0.05) is 11.4 Å². The molecule has 21 heavy (non-hydrogen) atoms. The summed E-state index contributed by atoms with van der Waals surface area (Å²) in [6.07, 6.45) is 0. The van der Waals surface area contributed by atoms with Gasteiger partial charge in [-0.1, -0.05) is 0 Å². The first-order chi connectivity index (χ1) is 9.94. The van der Waals surface area contributed by atoms with Crippen molar-refractivity contribution >= 4 is 21.2 Å². The van der Waals surface area contributed by atoms with Crippen LogP contribution < -0.4 is 20.9 Å². The Morgan fingerprint density at radius 3 is 1.38 bits per heavy atom. The molecule has 0 heterocycles. The number of sulfone groups is 1. The number of hydrogen-bond donors (Lipinski definition) is 2.